The van der Waals surface area contributed by atoms with Crippen LogP contribution >= 0.6 is 31.9 Å². The first-order valence-corrected chi connectivity index (χ1v) is 7.02. The van der Waals surface area contributed by atoms with Gasteiger partial charge in [-0.1, -0.05) is 0 Å². The molecule has 2 aromatic rings. The van der Waals surface area contributed by atoms with E-state index in [1.165, 1.54) is 0 Å². The Morgan fingerprint density at radius 3 is 2.16 bits per heavy atom. The molecule has 1 N–H and O–H groups in total. The van der Waals surface area contributed by atoms with Crippen molar-refractivity contribution in [3.63, 3.8) is 0 Å². The molecule has 0 unspecified atom stereocenters. The van der Waals surface area contributed by atoms with E-state index in [0.29, 0.717) is 0 Å². The van der Waals surface area contributed by atoms with Gasteiger partial charge in [0.1, 0.15) is 17.3 Å². The van der Waals surface area contributed by atoms with Gasteiger partial charge in [0, 0.05) is 34.6 Å². The number of nitrogens with zero attached hydrogens (tertiary/aromatic N) is 1. The molecule has 0 aliphatic rings. The van der Waals surface area contributed by atoms with Gasteiger partial charge >= 0.3 is 0 Å². The predicted octanol–water partition coefficient (Wildman–Crippen LogP) is 4.37. The molecule has 0 spiro atoms. The largest absolute Gasteiger partial charge is 0.497 e. The molecular weight excluding hydrogens is 376 g/mol. The van der Waals surface area contributed by atoms with Crippen molar-refractivity contribution in [1.82, 2.24) is 4.98 Å². The van der Waals surface area contributed by atoms with Crippen molar-refractivity contribution < 1.29 is 9.47 Å². The Labute approximate surface area is 128 Å². The first-order valence-electron chi connectivity index (χ1n) is 5.43. The molecule has 0 saturated heterocycles. The number of ether oxygens (including phenoxy) is 2. The lowest BCUT2D eigenvalue weighted by Gasteiger charge is -2.11. The van der Waals surface area contributed by atoms with Crippen molar-refractivity contribution in [1.29, 1.82) is 0 Å². The zero-order valence-electron chi connectivity index (χ0n) is 10.4. The first-order chi connectivity index (χ1) is 9.12. The maximum absolute atomic E-state index is 5.22. The van der Waals surface area contributed by atoms with Crippen molar-refractivity contribution in [2.45, 2.75) is 0 Å². The van der Waals surface area contributed by atoms with Gasteiger partial charge in [-0.2, -0.15) is 0 Å². The fourth-order valence-corrected chi connectivity index (χ4v) is 2.61. The third-order valence-electron chi connectivity index (χ3n) is 2.42. The van der Waals surface area contributed by atoms with Crippen molar-refractivity contribution in [2.24, 2.45) is 0 Å². The topological polar surface area (TPSA) is 43.4 Å². The summed E-state index contributed by atoms with van der Waals surface area (Å²) < 4.78 is 12.2. The molecule has 1 heterocycles. The van der Waals surface area contributed by atoms with E-state index in [0.717, 1.165) is 31.9 Å². The quantitative estimate of drug-likeness (QED) is 0.845. The maximum Gasteiger partial charge on any atom is 0.144 e. The second-order valence-electron chi connectivity index (χ2n) is 3.71. The number of hydrogen-bond acceptors (Lipinski definition) is 4. The number of methoxy groups -OCH3 is 2. The zero-order valence-corrected chi connectivity index (χ0v) is 13.6. The molecule has 0 amide bonds. The van der Waals surface area contributed by atoms with Crippen LogP contribution in [0.4, 0.5) is 11.5 Å². The maximum atomic E-state index is 5.22. The van der Waals surface area contributed by atoms with Gasteiger partial charge in [-0.05, 0) is 37.9 Å². The number of benzene rings is 1. The van der Waals surface area contributed by atoms with Crippen molar-refractivity contribution in [3.05, 3.63) is 39.4 Å². The molecule has 0 atom stereocenters. The number of aromatic nitrogens is 1. The molecule has 0 bridgehead atoms. The number of anilines is 2. The van der Waals surface area contributed by atoms with Crippen molar-refractivity contribution >= 4 is 43.4 Å². The van der Waals surface area contributed by atoms with Crippen LogP contribution in [0.25, 0.3) is 0 Å². The highest BCUT2D eigenvalue weighted by Gasteiger charge is 2.06. The van der Waals surface area contributed by atoms with Gasteiger partial charge in [-0.15, -0.1) is 0 Å². The van der Waals surface area contributed by atoms with E-state index in [1.54, 1.807) is 20.4 Å². The summed E-state index contributed by atoms with van der Waals surface area (Å²) in [6.45, 7) is 0. The Morgan fingerprint density at radius 2 is 1.63 bits per heavy atom. The van der Waals surface area contributed by atoms with Crippen molar-refractivity contribution in [3.8, 4) is 11.5 Å². The van der Waals surface area contributed by atoms with E-state index in [1.807, 2.05) is 24.3 Å². The van der Waals surface area contributed by atoms with Gasteiger partial charge in [-0.3, -0.25) is 0 Å². The molecule has 100 valence electrons. The van der Waals surface area contributed by atoms with Gasteiger partial charge in [-0.25, -0.2) is 4.98 Å². The molecule has 0 saturated carbocycles. The van der Waals surface area contributed by atoms with Crippen LogP contribution in [0, 0.1) is 0 Å². The minimum Gasteiger partial charge on any atom is -0.497 e. The Kier molecular flexibility index (Phi) is 4.66. The minimum atomic E-state index is 0.718. The van der Waals surface area contributed by atoms with Crippen LogP contribution in [0.5, 0.6) is 11.5 Å². The normalized spacial score (nSPS) is 10.1. The lowest BCUT2D eigenvalue weighted by Crippen LogP contribution is -1.96. The third-order valence-corrected chi connectivity index (χ3v) is 3.46. The van der Waals surface area contributed by atoms with E-state index < -0.39 is 0 Å². The Hall–Kier alpha value is -1.27. The SMILES string of the molecule is COc1cc(Nc2ncc(Br)cc2Br)cc(OC)c1. The molecule has 2 rings (SSSR count). The number of halogens is 2. The van der Waals surface area contributed by atoms with Gasteiger partial charge in [0.05, 0.1) is 18.7 Å². The highest BCUT2D eigenvalue weighted by atomic mass is 79.9. The highest BCUT2D eigenvalue weighted by Crippen LogP contribution is 2.30. The minimum absolute atomic E-state index is 0.718. The van der Waals surface area contributed by atoms with Crippen LogP contribution in [0.1, 0.15) is 0 Å². The fraction of sp³-hybridized carbons (Fsp3) is 0.154. The fourth-order valence-electron chi connectivity index (χ4n) is 1.52. The summed E-state index contributed by atoms with van der Waals surface area (Å²) in [6.07, 6.45) is 1.73. The average molecular weight is 388 g/mol. The van der Waals surface area contributed by atoms with Gasteiger partial charge in [0.2, 0.25) is 0 Å². The number of rotatable bonds is 4. The molecule has 1 aromatic heterocycles. The number of nitrogens with one attached hydrogen (secondary N) is 1. The predicted molar refractivity (Wildman–Crippen MR) is 82.5 cm³/mol. The van der Waals surface area contributed by atoms with Crippen LogP contribution < -0.4 is 14.8 Å². The van der Waals surface area contributed by atoms with Crippen molar-refractivity contribution in [2.75, 3.05) is 19.5 Å². The van der Waals surface area contributed by atoms with Crippen LogP contribution in [-0.4, -0.2) is 19.2 Å². The lowest BCUT2D eigenvalue weighted by molar-refractivity contribution is 0.395. The molecule has 0 radical (unpaired) electrons. The van der Waals surface area contributed by atoms with E-state index >= 15 is 0 Å². The van der Waals surface area contributed by atoms with Crippen LogP contribution in [0.15, 0.2) is 39.4 Å². The summed E-state index contributed by atoms with van der Waals surface area (Å²) in [7, 11) is 3.23. The second-order valence-corrected chi connectivity index (χ2v) is 5.48. The second kappa shape index (κ2) is 6.25. The van der Waals surface area contributed by atoms with Gasteiger partial charge in [0.15, 0.2) is 0 Å². The average Bonchev–Trinajstić information content (AvgIpc) is 2.41. The Balaban J connectivity index is 2.31. The molecule has 6 heteroatoms. The highest BCUT2D eigenvalue weighted by molar-refractivity contribution is 9.11. The molecule has 0 aliphatic carbocycles. The molecule has 4 nitrogen and oxygen atoms in total. The van der Waals surface area contributed by atoms with Crippen LogP contribution in [-0.2, 0) is 0 Å². The summed E-state index contributed by atoms with van der Waals surface area (Å²) in [5.74, 6) is 2.16. The van der Waals surface area contributed by atoms with Crippen LogP contribution in [0.3, 0.4) is 0 Å². The number of hydrogen-bond donors (Lipinski definition) is 1. The van der Waals surface area contributed by atoms with E-state index in [4.69, 9.17) is 9.47 Å². The summed E-state index contributed by atoms with van der Waals surface area (Å²) in [5, 5.41) is 3.21. The molecule has 19 heavy (non-hydrogen) atoms. The van der Waals surface area contributed by atoms with E-state index in [2.05, 4.69) is 42.2 Å². The zero-order chi connectivity index (χ0) is 13.8. The van der Waals surface area contributed by atoms with E-state index in [9.17, 15) is 0 Å². The number of pyridine rings is 1. The van der Waals surface area contributed by atoms with E-state index in [-0.39, 0.29) is 0 Å². The standard InChI is InChI=1S/C13H12Br2N2O2/c1-18-10-4-9(5-11(6-10)19-2)17-13-12(15)3-8(14)7-16-13/h3-7H,1-2H3,(H,16,17). The summed E-state index contributed by atoms with van der Waals surface area (Å²) in [4.78, 5) is 4.30. The molecule has 0 aliphatic heterocycles. The Morgan fingerprint density at radius 1 is 1.00 bits per heavy atom. The van der Waals surface area contributed by atoms with Gasteiger partial charge < -0.3 is 14.8 Å². The molecule has 0 fully saturated rings. The van der Waals surface area contributed by atoms with Gasteiger partial charge in [0.25, 0.3) is 0 Å². The smallest absolute Gasteiger partial charge is 0.144 e. The summed E-state index contributed by atoms with van der Waals surface area (Å²) in [6, 6.07) is 7.49. The summed E-state index contributed by atoms with van der Waals surface area (Å²) in [5.41, 5.74) is 0.840. The monoisotopic (exact) mass is 386 g/mol. The molecular formula is C13H12Br2N2O2. The summed E-state index contributed by atoms with van der Waals surface area (Å²) >= 11 is 6.83. The molecule has 1 aromatic carbocycles. The lowest BCUT2D eigenvalue weighted by atomic mass is 10.2. The van der Waals surface area contributed by atoms with Crippen LogP contribution in [0.2, 0.25) is 0 Å². The Bertz CT molecular complexity index is 569. The third kappa shape index (κ3) is 3.61. The first kappa shape index (κ1) is 14.1.